The van der Waals surface area contributed by atoms with E-state index in [1.165, 1.54) is 57.8 Å². The number of rotatable bonds is 11. The van der Waals surface area contributed by atoms with Crippen LogP contribution in [0.3, 0.4) is 0 Å². The summed E-state index contributed by atoms with van der Waals surface area (Å²) >= 11 is 0. The van der Waals surface area contributed by atoms with Crippen molar-refractivity contribution >= 4 is 0 Å². The Kier molecular flexibility index (Phi) is 12.1. The van der Waals surface area contributed by atoms with Crippen molar-refractivity contribution in [1.82, 2.24) is 0 Å². The van der Waals surface area contributed by atoms with Gasteiger partial charge in [0.1, 0.15) is 0 Å². The second-order valence-electron chi connectivity index (χ2n) is 4.68. The molecule has 0 rings (SSSR count). The fraction of sp³-hybridized carbons (Fsp3) is 0.867. The second-order valence-corrected chi connectivity index (χ2v) is 4.68. The molecule has 15 heavy (non-hydrogen) atoms. The molecule has 0 N–H and O–H groups in total. The highest BCUT2D eigenvalue weighted by molar-refractivity contribution is 4.59. The first kappa shape index (κ1) is 15.0. The second kappa shape index (κ2) is 12.1. The average molecular weight is 210 g/mol. The summed E-state index contributed by atoms with van der Waals surface area (Å²) in [5.74, 6) is 0.986. The Bertz CT molecular complexity index is 94.6. The molecule has 0 fully saturated rings. The largest absolute Gasteiger partial charge is 0.0651 e. The lowest BCUT2D eigenvalue weighted by atomic mass is 9.92. The van der Waals surface area contributed by atoms with Crippen LogP contribution in [0.5, 0.6) is 0 Å². The average Bonchev–Trinajstić information content (AvgIpc) is 2.27. The van der Waals surface area contributed by atoms with Gasteiger partial charge in [-0.15, -0.1) is 0 Å². The van der Waals surface area contributed by atoms with Crippen molar-refractivity contribution in [3.63, 3.8) is 0 Å². The summed E-state index contributed by atoms with van der Waals surface area (Å²) in [7, 11) is 0. The number of hydrogen-bond acceptors (Lipinski definition) is 0. The highest BCUT2D eigenvalue weighted by atomic mass is 14.1. The van der Waals surface area contributed by atoms with Crippen LogP contribution in [0.25, 0.3) is 0 Å². The fourth-order valence-corrected chi connectivity index (χ4v) is 2.13. The van der Waals surface area contributed by atoms with Gasteiger partial charge in [0.2, 0.25) is 0 Å². The third-order valence-corrected chi connectivity index (χ3v) is 3.30. The molecule has 0 saturated heterocycles. The van der Waals surface area contributed by atoms with Crippen LogP contribution in [0, 0.1) is 19.8 Å². The topological polar surface area (TPSA) is 0 Å². The molecule has 0 spiro atoms. The summed E-state index contributed by atoms with van der Waals surface area (Å²) in [5.41, 5.74) is 0. The third kappa shape index (κ3) is 10.3. The lowest BCUT2D eigenvalue weighted by molar-refractivity contribution is 0.397. The van der Waals surface area contributed by atoms with Crippen molar-refractivity contribution in [1.29, 1.82) is 0 Å². The van der Waals surface area contributed by atoms with Crippen LogP contribution < -0.4 is 0 Å². The minimum atomic E-state index is 0.986. The molecule has 0 amide bonds. The fourth-order valence-electron chi connectivity index (χ4n) is 2.13. The highest BCUT2D eigenvalue weighted by Crippen LogP contribution is 2.20. The van der Waals surface area contributed by atoms with Gasteiger partial charge in [-0.1, -0.05) is 91.4 Å². The molecule has 90 valence electrons. The Balaban J connectivity index is 3.29. The first-order valence-corrected chi connectivity index (χ1v) is 6.93. The van der Waals surface area contributed by atoms with E-state index in [0.717, 1.165) is 18.8 Å². The van der Waals surface area contributed by atoms with E-state index in [9.17, 15) is 0 Å². The highest BCUT2D eigenvalue weighted by Gasteiger charge is 2.05. The first-order valence-electron chi connectivity index (χ1n) is 6.93. The lowest BCUT2D eigenvalue weighted by Crippen LogP contribution is -1.99. The van der Waals surface area contributed by atoms with Crippen molar-refractivity contribution in [3.05, 3.63) is 13.8 Å². The van der Waals surface area contributed by atoms with Gasteiger partial charge in [0.05, 0.1) is 0 Å². The Morgan fingerprint density at radius 3 is 1.53 bits per heavy atom. The molecule has 0 aromatic heterocycles. The minimum absolute atomic E-state index is 0.986. The van der Waals surface area contributed by atoms with E-state index in [4.69, 9.17) is 0 Å². The minimum Gasteiger partial charge on any atom is -0.0651 e. The Morgan fingerprint density at radius 1 is 0.733 bits per heavy atom. The molecule has 0 bridgehead atoms. The van der Waals surface area contributed by atoms with Crippen LogP contribution in [0.1, 0.15) is 77.6 Å². The molecule has 0 heteroatoms. The van der Waals surface area contributed by atoms with E-state index in [2.05, 4.69) is 20.8 Å². The number of hydrogen-bond donors (Lipinski definition) is 0. The zero-order valence-corrected chi connectivity index (χ0v) is 10.8. The molecule has 0 unspecified atom stereocenters. The van der Waals surface area contributed by atoms with Crippen LogP contribution in [0.4, 0.5) is 0 Å². The SMILES string of the molecule is [CH2]CCCCCC(CC)CCCCC[CH2]. The van der Waals surface area contributed by atoms with Crippen LogP contribution in [0.15, 0.2) is 0 Å². The third-order valence-electron chi connectivity index (χ3n) is 3.30. The first-order chi connectivity index (χ1) is 7.35. The predicted molar refractivity (Wildman–Crippen MR) is 70.7 cm³/mol. The molecule has 0 aromatic carbocycles. The van der Waals surface area contributed by atoms with Crippen molar-refractivity contribution in [3.8, 4) is 0 Å². The van der Waals surface area contributed by atoms with Crippen molar-refractivity contribution in [2.75, 3.05) is 0 Å². The maximum atomic E-state index is 3.89. The van der Waals surface area contributed by atoms with Gasteiger partial charge in [-0.2, -0.15) is 0 Å². The Morgan fingerprint density at radius 2 is 1.20 bits per heavy atom. The summed E-state index contributed by atoms with van der Waals surface area (Å²) in [4.78, 5) is 0. The van der Waals surface area contributed by atoms with Gasteiger partial charge < -0.3 is 0 Å². The maximum absolute atomic E-state index is 3.89. The van der Waals surface area contributed by atoms with Gasteiger partial charge in [0, 0.05) is 0 Å². The van der Waals surface area contributed by atoms with E-state index >= 15 is 0 Å². The Hall–Kier alpha value is 0. The lowest BCUT2D eigenvalue weighted by Gasteiger charge is -2.14. The van der Waals surface area contributed by atoms with Gasteiger partial charge in [0.25, 0.3) is 0 Å². The van der Waals surface area contributed by atoms with Crippen molar-refractivity contribution in [2.24, 2.45) is 5.92 Å². The van der Waals surface area contributed by atoms with Gasteiger partial charge in [0.15, 0.2) is 0 Å². The summed E-state index contributed by atoms with van der Waals surface area (Å²) in [6, 6.07) is 0. The summed E-state index contributed by atoms with van der Waals surface area (Å²) in [6.45, 7) is 10.1. The van der Waals surface area contributed by atoms with Gasteiger partial charge in [-0.3, -0.25) is 0 Å². The molecule has 2 radical (unpaired) electrons. The zero-order valence-electron chi connectivity index (χ0n) is 10.8. The van der Waals surface area contributed by atoms with Gasteiger partial charge in [-0.05, 0) is 5.92 Å². The van der Waals surface area contributed by atoms with E-state index < -0.39 is 0 Å². The van der Waals surface area contributed by atoms with Crippen LogP contribution in [-0.4, -0.2) is 0 Å². The predicted octanol–water partition coefficient (Wildman–Crippen LogP) is 5.58. The zero-order chi connectivity index (χ0) is 11.4. The number of unbranched alkanes of at least 4 members (excludes halogenated alkanes) is 6. The van der Waals surface area contributed by atoms with Crippen LogP contribution in [0.2, 0.25) is 0 Å². The van der Waals surface area contributed by atoms with Gasteiger partial charge >= 0.3 is 0 Å². The van der Waals surface area contributed by atoms with Crippen LogP contribution in [-0.2, 0) is 0 Å². The van der Waals surface area contributed by atoms with E-state index in [1.54, 1.807) is 0 Å². The summed E-state index contributed by atoms with van der Waals surface area (Å²) in [6.07, 6.45) is 14.7. The van der Waals surface area contributed by atoms with E-state index in [-0.39, 0.29) is 0 Å². The molecule has 0 nitrogen and oxygen atoms in total. The van der Waals surface area contributed by atoms with Crippen molar-refractivity contribution in [2.45, 2.75) is 77.6 Å². The Labute approximate surface area is 97.8 Å². The van der Waals surface area contributed by atoms with Crippen molar-refractivity contribution < 1.29 is 0 Å². The normalized spacial score (nSPS) is 11.2. The summed E-state index contributed by atoms with van der Waals surface area (Å²) in [5, 5.41) is 0. The monoisotopic (exact) mass is 210 g/mol. The molecule has 0 atom stereocenters. The molecule has 0 aliphatic rings. The maximum Gasteiger partial charge on any atom is -0.0417 e. The van der Waals surface area contributed by atoms with Gasteiger partial charge in [-0.25, -0.2) is 0 Å². The van der Waals surface area contributed by atoms with E-state index in [0.29, 0.717) is 0 Å². The molecule has 0 saturated carbocycles. The van der Waals surface area contributed by atoms with Crippen LogP contribution >= 0.6 is 0 Å². The molecule has 0 heterocycles. The van der Waals surface area contributed by atoms with E-state index in [1.807, 2.05) is 0 Å². The molecular weight excluding hydrogens is 180 g/mol. The smallest absolute Gasteiger partial charge is 0.0417 e. The standard InChI is InChI=1S/C15H30/c1-4-7-9-11-13-15(6-3)14-12-10-8-5-2/h15H,1-2,4-14H2,3H3. The quantitative estimate of drug-likeness (QED) is 0.390. The summed E-state index contributed by atoms with van der Waals surface area (Å²) < 4.78 is 0. The molecule has 0 aromatic rings. The molecule has 0 aliphatic heterocycles. The molecule has 0 aliphatic carbocycles. The molecular formula is C15H30.